The van der Waals surface area contributed by atoms with Crippen LogP contribution in [0.25, 0.3) is 0 Å². The summed E-state index contributed by atoms with van der Waals surface area (Å²) in [5.41, 5.74) is 1.09. The predicted octanol–water partition coefficient (Wildman–Crippen LogP) is 0.792. The van der Waals surface area contributed by atoms with Crippen molar-refractivity contribution in [1.82, 2.24) is 10.2 Å². The number of nitrogens with zero attached hydrogens (tertiary/aromatic N) is 2. The summed E-state index contributed by atoms with van der Waals surface area (Å²) in [6, 6.07) is 9.45. The van der Waals surface area contributed by atoms with Crippen LogP contribution < -0.4 is 5.32 Å². The molecule has 0 spiro atoms. The van der Waals surface area contributed by atoms with Gasteiger partial charge in [0, 0.05) is 18.2 Å². The van der Waals surface area contributed by atoms with Crippen LogP contribution in [-0.4, -0.2) is 47.7 Å². The van der Waals surface area contributed by atoms with Crippen LogP contribution in [0.4, 0.5) is 0 Å². The third-order valence-electron chi connectivity index (χ3n) is 4.36. The highest BCUT2D eigenvalue weighted by molar-refractivity contribution is 6.40. The van der Waals surface area contributed by atoms with Gasteiger partial charge in [0.05, 0.1) is 12.5 Å². The van der Waals surface area contributed by atoms with Crippen LogP contribution in [0.2, 0.25) is 0 Å². The van der Waals surface area contributed by atoms with Gasteiger partial charge in [-0.15, -0.1) is 0 Å². The fourth-order valence-electron chi connectivity index (χ4n) is 2.96. The highest BCUT2D eigenvalue weighted by atomic mass is 16.6. The Hall–Kier alpha value is -2.37. The van der Waals surface area contributed by atoms with Crippen molar-refractivity contribution in [2.75, 3.05) is 13.1 Å². The minimum absolute atomic E-state index is 0.0273. The molecule has 0 unspecified atom stereocenters. The fourth-order valence-corrected chi connectivity index (χ4v) is 2.96. The van der Waals surface area contributed by atoms with Gasteiger partial charge in [-0.1, -0.05) is 23.4 Å². The van der Waals surface area contributed by atoms with E-state index in [1.165, 1.54) is 0 Å². The molecule has 2 amide bonds. The molecule has 22 heavy (non-hydrogen) atoms. The van der Waals surface area contributed by atoms with Gasteiger partial charge in [0.15, 0.2) is 11.8 Å². The van der Waals surface area contributed by atoms with E-state index < -0.39 is 0 Å². The van der Waals surface area contributed by atoms with E-state index in [4.69, 9.17) is 4.84 Å². The summed E-state index contributed by atoms with van der Waals surface area (Å²) >= 11 is 0. The fraction of sp³-hybridized carbons (Fsp3) is 0.438. The maximum atomic E-state index is 12.5. The van der Waals surface area contributed by atoms with Crippen molar-refractivity contribution in [3.8, 4) is 0 Å². The van der Waals surface area contributed by atoms with Crippen molar-refractivity contribution in [1.29, 1.82) is 0 Å². The van der Waals surface area contributed by atoms with E-state index in [0.717, 1.165) is 12.8 Å². The molecule has 4 rings (SSSR count). The minimum atomic E-state index is -0.201. The lowest BCUT2D eigenvalue weighted by Gasteiger charge is -2.16. The maximum absolute atomic E-state index is 12.5. The van der Waals surface area contributed by atoms with Gasteiger partial charge in [0.25, 0.3) is 11.8 Å². The van der Waals surface area contributed by atoms with Crippen LogP contribution in [-0.2, 0) is 9.63 Å². The maximum Gasteiger partial charge on any atom is 0.269 e. The normalized spacial score (nSPS) is 26.2. The molecule has 1 aliphatic carbocycles. The SMILES string of the molecule is O=C(NC1CC1)C1=NO[C@@H]2CN(C(=O)c3ccccc3)C[C@H]12. The minimum Gasteiger partial charge on any atom is -0.389 e. The number of hydrogen-bond acceptors (Lipinski definition) is 4. The molecule has 3 aliphatic rings. The Labute approximate surface area is 128 Å². The molecule has 2 heterocycles. The lowest BCUT2D eigenvalue weighted by atomic mass is 10.0. The Morgan fingerprint density at radius 3 is 2.68 bits per heavy atom. The first-order chi connectivity index (χ1) is 10.7. The number of fused-ring (bicyclic) bond motifs is 1. The lowest BCUT2D eigenvalue weighted by Crippen LogP contribution is -2.38. The van der Waals surface area contributed by atoms with Crippen molar-refractivity contribution < 1.29 is 14.4 Å². The van der Waals surface area contributed by atoms with Crippen molar-refractivity contribution in [3.63, 3.8) is 0 Å². The van der Waals surface area contributed by atoms with Crippen LogP contribution in [0.3, 0.4) is 0 Å². The second kappa shape index (κ2) is 5.12. The highest BCUT2D eigenvalue weighted by Gasteiger charge is 2.46. The topological polar surface area (TPSA) is 71.0 Å². The molecule has 0 radical (unpaired) electrons. The smallest absolute Gasteiger partial charge is 0.269 e. The summed E-state index contributed by atoms with van der Waals surface area (Å²) in [5.74, 6) is -0.295. The van der Waals surface area contributed by atoms with Gasteiger partial charge >= 0.3 is 0 Å². The van der Waals surface area contributed by atoms with E-state index in [-0.39, 0.29) is 29.9 Å². The number of amides is 2. The number of nitrogens with one attached hydrogen (secondary N) is 1. The zero-order valence-electron chi connectivity index (χ0n) is 12.1. The van der Waals surface area contributed by atoms with Gasteiger partial charge in [0.1, 0.15) is 0 Å². The van der Waals surface area contributed by atoms with Crippen LogP contribution in [0.5, 0.6) is 0 Å². The molecular formula is C16H17N3O3. The van der Waals surface area contributed by atoms with Crippen molar-refractivity contribution in [2.24, 2.45) is 11.1 Å². The van der Waals surface area contributed by atoms with E-state index in [1.807, 2.05) is 18.2 Å². The Bertz CT molecular complexity index is 639. The molecule has 114 valence electrons. The van der Waals surface area contributed by atoms with E-state index in [9.17, 15) is 9.59 Å². The van der Waals surface area contributed by atoms with Crippen molar-refractivity contribution in [3.05, 3.63) is 35.9 Å². The summed E-state index contributed by atoms with van der Waals surface area (Å²) < 4.78 is 0. The van der Waals surface area contributed by atoms with E-state index in [1.54, 1.807) is 17.0 Å². The molecule has 1 N–H and O–H groups in total. The average molecular weight is 299 g/mol. The van der Waals surface area contributed by atoms with Gasteiger partial charge in [0.2, 0.25) is 0 Å². The number of hydrogen-bond donors (Lipinski definition) is 1. The number of benzene rings is 1. The molecule has 1 aromatic rings. The zero-order valence-corrected chi connectivity index (χ0v) is 12.1. The van der Waals surface area contributed by atoms with Gasteiger partial charge < -0.3 is 15.1 Å². The third kappa shape index (κ3) is 2.34. The van der Waals surface area contributed by atoms with Gasteiger partial charge in [-0.25, -0.2) is 0 Å². The standard InChI is InChI=1S/C16H17N3O3/c20-15(17-11-6-7-11)14-12-8-19(9-13(12)22-18-14)16(21)10-4-2-1-3-5-10/h1-5,11-13H,6-9H2,(H,17,20)/t12-,13+/m0/s1. The first-order valence-electron chi connectivity index (χ1n) is 7.61. The monoisotopic (exact) mass is 299 g/mol. The van der Waals surface area contributed by atoms with E-state index in [2.05, 4.69) is 10.5 Å². The predicted molar refractivity (Wildman–Crippen MR) is 79.3 cm³/mol. The number of carbonyl (C=O) groups excluding carboxylic acids is 2. The first kappa shape index (κ1) is 13.3. The second-order valence-corrected chi connectivity index (χ2v) is 6.05. The number of rotatable bonds is 3. The molecule has 1 saturated carbocycles. The summed E-state index contributed by atoms with van der Waals surface area (Å²) in [5, 5.41) is 6.87. The summed E-state index contributed by atoms with van der Waals surface area (Å²) in [4.78, 5) is 31.7. The van der Waals surface area contributed by atoms with Crippen LogP contribution in [0.15, 0.2) is 35.5 Å². The quantitative estimate of drug-likeness (QED) is 0.897. The van der Waals surface area contributed by atoms with Crippen LogP contribution >= 0.6 is 0 Å². The first-order valence-corrected chi connectivity index (χ1v) is 7.61. The Balaban J connectivity index is 1.45. The second-order valence-electron chi connectivity index (χ2n) is 6.05. The Morgan fingerprint density at radius 2 is 1.95 bits per heavy atom. The molecule has 2 atom stereocenters. The molecule has 0 bridgehead atoms. The summed E-state index contributed by atoms with van der Waals surface area (Å²) in [6.07, 6.45) is 1.87. The van der Waals surface area contributed by atoms with Crippen LogP contribution in [0.1, 0.15) is 23.2 Å². The summed E-state index contributed by atoms with van der Waals surface area (Å²) in [7, 11) is 0. The van der Waals surface area contributed by atoms with Crippen molar-refractivity contribution in [2.45, 2.75) is 25.0 Å². The lowest BCUT2D eigenvalue weighted by molar-refractivity contribution is -0.115. The number of likely N-dealkylation sites (tertiary alicyclic amines) is 1. The van der Waals surface area contributed by atoms with Gasteiger partial charge in [-0.3, -0.25) is 9.59 Å². The average Bonchev–Trinajstić information content (AvgIpc) is 3.11. The molecular weight excluding hydrogens is 282 g/mol. The largest absolute Gasteiger partial charge is 0.389 e. The van der Waals surface area contributed by atoms with Gasteiger partial charge in [-0.2, -0.15) is 0 Å². The Kier molecular flexibility index (Phi) is 3.10. The highest BCUT2D eigenvalue weighted by Crippen LogP contribution is 2.29. The number of oxime groups is 1. The molecule has 6 nitrogen and oxygen atoms in total. The molecule has 0 aromatic heterocycles. The zero-order chi connectivity index (χ0) is 15.1. The molecule has 2 fully saturated rings. The van der Waals surface area contributed by atoms with Crippen LogP contribution in [0, 0.1) is 5.92 Å². The molecule has 2 aliphatic heterocycles. The van der Waals surface area contributed by atoms with E-state index >= 15 is 0 Å². The third-order valence-corrected chi connectivity index (χ3v) is 4.36. The molecule has 1 saturated heterocycles. The van der Waals surface area contributed by atoms with Gasteiger partial charge in [-0.05, 0) is 25.0 Å². The Morgan fingerprint density at radius 1 is 1.18 bits per heavy atom. The molecule has 1 aromatic carbocycles. The van der Waals surface area contributed by atoms with Crippen molar-refractivity contribution >= 4 is 17.5 Å². The number of carbonyl (C=O) groups is 2. The molecule has 6 heteroatoms. The summed E-state index contributed by atoms with van der Waals surface area (Å²) in [6.45, 7) is 0.956. The van der Waals surface area contributed by atoms with E-state index in [0.29, 0.717) is 24.4 Å².